The van der Waals surface area contributed by atoms with Crippen LogP contribution in [-0.4, -0.2) is 92.1 Å². The maximum atomic E-state index is 15.7. The van der Waals surface area contributed by atoms with Crippen molar-refractivity contribution in [3.63, 3.8) is 0 Å². The fourth-order valence-corrected chi connectivity index (χ4v) is 6.88. The number of nitrogens with one attached hydrogen (secondary N) is 3. The molecule has 48 heavy (non-hydrogen) atoms. The Labute approximate surface area is 283 Å². The number of rotatable bonds is 11. The van der Waals surface area contributed by atoms with E-state index in [4.69, 9.17) is 0 Å². The minimum absolute atomic E-state index is 0.00161. The Hall–Kier alpha value is -4.24. The molecule has 1 saturated carbocycles. The van der Waals surface area contributed by atoms with Crippen molar-refractivity contribution in [1.82, 2.24) is 34.5 Å². The first-order chi connectivity index (χ1) is 23.0. The number of likely N-dealkylation sites (N-methyl/N-ethyl adjacent to an activating group) is 1. The van der Waals surface area contributed by atoms with E-state index in [9.17, 15) is 19.2 Å². The van der Waals surface area contributed by atoms with E-state index >= 15 is 4.39 Å². The van der Waals surface area contributed by atoms with Gasteiger partial charge in [-0.1, -0.05) is 36.7 Å². The van der Waals surface area contributed by atoms with Gasteiger partial charge < -0.3 is 25.8 Å². The predicted molar refractivity (Wildman–Crippen MR) is 180 cm³/mol. The van der Waals surface area contributed by atoms with Gasteiger partial charge in [0.15, 0.2) is 0 Å². The van der Waals surface area contributed by atoms with Crippen molar-refractivity contribution in [2.45, 2.75) is 70.9 Å². The van der Waals surface area contributed by atoms with Crippen molar-refractivity contribution in [1.29, 1.82) is 0 Å². The van der Waals surface area contributed by atoms with Gasteiger partial charge >= 0.3 is 0 Å². The van der Waals surface area contributed by atoms with Gasteiger partial charge in [-0.15, -0.1) is 5.10 Å². The number of hydrogen-bond acceptors (Lipinski definition) is 9. The third-order valence-electron chi connectivity index (χ3n) is 9.33. The lowest BCUT2D eigenvalue weighted by atomic mass is 9.79. The number of halogens is 1. The van der Waals surface area contributed by atoms with Crippen LogP contribution in [0.15, 0.2) is 36.7 Å². The summed E-state index contributed by atoms with van der Waals surface area (Å²) in [6.07, 6.45) is 7.24. The van der Waals surface area contributed by atoms with Crippen molar-refractivity contribution < 1.29 is 23.6 Å². The van der Waals surface area contributed by atoms with Gasteiger partial charge in [-0.25, -0.2) is 9.07 Å². The van der Waals surface area contributed by atoms with E-state index in [2.05, 4.69) is 35.5 Å². The molecule has 1 aliphatic carbocycles. The van der Waals surface area contributed by atoms with E-state index in [0.29, 0.717) is 37.6 Å². The van der Waals surface area contributed by atoms with Crippen LogP contribution in [0.2, 0.25) is 0 Å². The minimum Gasteiger partial charge on any atom is -0.339 e. The first-order valence-electron chi connectivity index (χ1n) is 16.5. The van der Waals surface area contributed by atoms with Crippen LogP contribution in [0, 0.1) is 17.7 Å². The molecule has 2 aromatic heterocycles. The number of carbonyl (C=O) groups is 4. The van der Waals surface area contributed by atoms with Gasteiger partial charge in [-0.05, 0) is 68.9 Å². The summed E-state index contributed by atoms with van der Waals surface area (Å²) in [7, 11) is 1.98. The highest BCUT2D eigenvalue weighted by Gasteiger charge is 2.37. The zero-order valence-electron chi connectivity index (χ0n) is 27.8. The van der Waals surface area contributed by atoms with Crippen LogP contribution >= 0.6 is 11.5 Å². The Bertz CT molecular complexity index is 1580. The molecular weight excluding hydrogens is 637 g/mol. The zero-order valence-corrected chi connectivity index (χ0v) is 28.6. The topological polar surface area (TPSA) is 154 Å². The summed E-state index contributed by atoms with van der Waals surface area (Å²) in [5.41, 5.74) is 0.391. The van der Waals surface area contributed by atoms with Crippen molar-refractivity contribution in [2.24, 2.45) is 11.8 Å². The summed E-state index contributed by atoms with van der Waals surface area (Å²) in [4.78, 5) is 58.2. The quantitative estimate of drug-likeness (QED) is 0.258. The Morgan fingerprint density at radius 2 is 1.67 bits per heavy atom. The molecule has 2 fully saturated rings. The Kier molecular flexibility index (Phi) is 11.5. The van der Waals surface area contributed by atoms with Gasteiger partial charge in [0.2, 0.25) is 17.7 Å². The van der Waals surface area contributed by atoms with E-state index in [1.165, 1.54) is 18.3 Å². The minimum atomic E-state index is -1.03. The second-order valence-corrected chi connectivity index (χ2v) is 13.8. The molecule has 4 amide bonds. The fraction of sp³-hybridized carbons (Fsp3) is 0.545. The number of piperazine rings is 1. The van der Waals surface area contributed by atoms with Gasteiger partial charge in [-0.2, -0.15) is 5.10 Å². The van der Waals surface area contributed by atoms with Gasteiger partial charge in [0.25, 0.3) is 5.91 Å². The number of nitrogens with zero attached hydrogens (tertiary/aromatic N) is 6. The molecule has 1 aliphatic heterocycles. The van der Waals surface area contributed by atoms with Gasteiger partial charge in [0, 0.05) is 44.2 Å². The van der Waals surface area contributed by atoms with Gasteiger partial charge in [0.1, 0.15) is 28.5 Å². The molecule has 2 aliphatic rings. The number of benzene rings is 1. The average molecular weight is 682 g/mol. The van der Waals surface area contributed by atoms with Gasteiger partial charge in [-0.3, -0.25) is 19.2 Å². The van der Waals surface area contributed by atoms with Crippen LogP contribution in [0.4, 0.5) is 15.9 Å². The van der Waals surface area contributed by atoms with E-state index in [-0.39, 0.29) is 28.4 Å². The lowest BCUT2D eigenvalue weighted by Gasteiger charge is -2.36. The molecule has 5 rings (SSSR count). The molecule has 3 aromatic rings. The first-order valence-corrected chi connectivity index (χ1v) is 17.3. The first kappa shape index (κ1) is 35.1. The molecule has 0 bridgehead atoms. The van der Waals surface area contributed by atoms with Gasteiger partial charge in [0.05, 0.1) is 18.1 Å². The standard InChI is InChI=1S/C33H44FN9O4S/c1-20(2)43-27(12-13-36-43)38-32(46)28(22-8-6-5-7-9-22)31(45)37-25-11-10-23(18-24(25)34)21(3)29(39-30(44)26-19-35-40-48-26)33(47)42-16-14-41(4)15-17-42/h10-13,18-22,28-29H,5-9,14-17H2,1-4H3,(H,37,45)(H,38,46)(H,39,44)/t21-,28-,29+/m0/s1. The van der Waals surface area contributed by atoms with Crippen molar-refractivity contribution >= 4 is 46.7 Å². The van der Waals surface area contributed by atoms with Crippen molar-refractivity contribution in [2.75, 3.05) is 43.9 Å². The molecule has 0 unspecified atom stereocenters. The van der Waals surface area contributed by atoms with Crippen LogP contribution in [0.25, 0.3) is 0 Å². The number of anilines is 2. The number of aromatic nitrogens is 4. The van der Waals surface area contributed by atoms with Crippen molar-refractivity contribution in [3.05, 3.63) is 52.9 Å². The molecule has 258 valence electrons. The predicted octanol–water partition coefficient (Wildman–Crippen LogP) is 3.90. The highest BCUT2D eigenvalue weighted by atomic mass is 32.1. The fourth-order valence-electron chi connectivity index (χ4n) is 6.47. The van der Waals surface area contributed by atoms with Crippen LogP contribution in [0.5, 0.6) is 0 Å². The molecule has 0 spiro atoms. The van der Waals surface area contributed by atoms with E-state index in [1.807, 2.05) is 20.9 Å². The second kappa shape index (κ2) is 15.8. The molecule has 3 atom stereocenters. The summed E-state index contributed by atoms with van der Waals surface area (Å²) in [6, 6.07) is 5.04. The molecule has 13 nitrogen and oxygen atoms in total. The average Bonchev–Trinajstić information content (AvgIpc) is 3.78. The van der Waals surface area contributed by atoms with Crippen LogP contribution in [0.3, 0.4) is 0 Å². The molecule has 3 N–H and O–H groups in total. The van der Waals surface area contributed by atoms with E-state index < -0.39 is 41.4 Å². The summed E-state index contributed by atoms with van der Waals surface area (Å²) in [5, 5.41) is 16.4. The molecule has 0 radical (unpaired) electrons. The summed E-state index contributed by atoms with van der Waals surface area (Å²) in [5.74, 6) is -3.84. The highest BCUT2D eigenvalue weighted by molar-refractivity contribution is 7.07. The van der Waals surface area contributed by atoms with E-state index in [0.717, 1.165) is 43.6 Å². The molecule has 3 heterocycles. The monoisotopic (exact) mass is 681 g/mol. The molecule has 1 aromatic carbocycles. The second-order valence-electron chi connectivity index (χ2n) is 13.0. The van der Waals surface area contributed by atoms with Crippen LogP contribution in [0.1, 0.15) is 80.1 Å². The smallest absolute Gasteiger partial charge is 0.265 e. The normalized spacial score (nSPS) is 17.8. The van der Waals surface area contributed by atoms with Crippen LogP contribution < -0.4 is 16.0 Å². The largest absolute Gasteiger partial charge is 0.339 e. The summed E-state index contributed by atoms with van der Waals surface area (Å²) >= 11 is 0.917. The Balaban J connectivity index is 1.34. The lowest BCUT2D eigenvalue weighted by Crippen LogP contribution is -2.55. The lowest BCUT2D eigenvalue weighted by molar-refractivity contribution is -0.135. The molecule has 15 heteroatoms. The zero-order chi connectivity index (χ0) is 34.4. The number of hydrogen-bond donors (Lipinski definition) is 3. The Morgan fingerprint density at radius 1 is 0.958 bits per heavy atom. The Morgan fingerprint density at radius 3 is 2.31 bits per heavy atom. The van der Waals surface area contributed by atoms with Crippen molar-refractivity contribution in [3.8, 4) is 0 Å². The highest BCUT2D eigenvalue weighted by Crippen LogP contribution is 2.33. The third kappa shape index (κ3) is 8.24. The number of carbonyl (C=O) groups excluding carboxylic acids is 4. The molecular formula is C33H44FN9O4S. The maximum absolute atomic E-state index is 15.7. The third-order valence-corrected chi connectivity index (χ3v) is 9.99. The number of amides is 4. The molecule has 1 saturated heterocycles. The summed E-state index contributed by atoms with van der Waals surface area (Å²) < 4.78 is 21.2. The van der Waals surface area contributed by atoms with Crippen LogP contribution in [-0.2, 0) is 14.4 Å². The van der Waals surface area contributed by atoms with E-state index in [1.54, 1.807) is 34.8 Å². The maximum Gasteiger partial charge on any atom is 0.265 e. The summed E-state index contributed by atoms with van der Waals surface area (Å²) in [6.45, 7) is 8.05. The SMILES string of the molecule is CC(C)n1nccc1NC(=O)[C@H](C(=O)Nc1ccc([C@H](C)[C@@H](NC(=O)c2cnns2)C(=O)N2CCN(C)CC2)cc1F)C1CCCCC1.